The van der Waals surface area contributed by atoms with Crippen molar-refractivity contribution in [3.05, 3.63) is 112 Å². The monoisotopic (exact) mass is 539 g/mol. The van der Waals surface area contributed by atoms with Crippen LogP contribution < -0.4 is 15.5 Å². The average molecular weight is 540 g/mol. The second-order valence-corrected chi connectivity index (χ2v) is 9.15. The number of fused-ring (bicyclic) bond motifs is 1. The summed E-state index contributed by atoms with van der Waals surface area (Å²) in [7, 11) is 1.58. The number of halogens is 2. The minimum Gasteiger partial charge on any atom is -0.452 e. The van der Waals surface area contributed by atoms with E-state index in [1.165, 1.54) is 47.3 Å². The zero-order valence-corrected chi connectivity index (χ0v) is 21.8. The largest absolute Gasteiger partial charge is 0.452 e. The first kappa shape index (κ1) is 26.4. The number of hydrogen-bond acceptors (Lipinski definition) is 6. The molecule has 5 rings (SSSR count). The molecule has 8 nitrogen and oxygen atoms in total. The van der Waals surface area contributed by atoms with Crippen LogP contribution in [0.25, 0.3) is 27.7 Å². The highest BCUT2D eigenvalue weighted by Gasteiger charge is 2.21. The zero-order chi connectivity index (χ0) is 28.6. The molecule has 0 fully saturated rings. The highest BCUT2D eigenvalue weighted by atomic mass is 19.1. The quantitative estimate of drug-likeness (QED) is 0.282. The predicted octanol–water partition coefficient (Wildman–Crippen LogP) is 6.05. The molecule has 0 radical (unpaired) electrons. The Labute approximate surface area is 227 Å². The van der Waals surface area contributed by atoms with Crippen molar-refractivity contribution in [2.75, 3.05) is 5.32 Å². The van der Waals surface area contributed by atoms with Crippen LogP contribution in [0.4, 0.5) is 14.5 Å². The molecule has 0 aliphatic rings. The van der Waals surface area contributed by atoms with Crippen molar-refractivity contribution in [2.45, 2.75) is 13.8 Å². The molecule has 10 heteroatoms. The summed E-state index contributed by atoms with van der Waals surface area (Å²) in [5, 5.41) is 6.61. The van der Waals surface area contributed by atoms with Gasteiger partial charge in [0.25, 0.3) is 5.91 Å². The minimum atomic E-state index is -0.824. The molecule has 3 heterocycles. The Hall–Kier alpha value is -5.25. The van der Waals surface area contributed by atoms with Crippen LogP contribution in [0.3, 0.4) is 0 Å². The first-order valence-electron chi connectivity index (χ1n) is 12.2. The van der Waals surface area contributed by atoms with Crippen LogP contribution in [-0.2, 0) is 7.05 Å². The van der Waals surface area contributed by atoms with Gasteiger partial charge in [-0.1, -0.05) is 18.7 Å². The van der Waals surface area contributed by atoms with Crippen molar-refractivity contribution >= 4 is 28.2 Å². The first-order valence-corrected chi connectivity index (χ1v) is 12.2. The molecule has 1 N–H and O–H groups in total. The Morgan fingerprint density at radius 2 is 1.77 bits per heavy atom. The van der Waals surface area contributed by atoms with E-state index in [1.807, 2.05) is 13.0 Å². The van der Waals surface area contributed by atoms with E-state index in [-0.39, 0.29) is 17.0 Å². The van der Waals surface area contributed by atoms with Gasteiger partial charge < -0.3 is 10.1 Å². The minimum absolute atomic E-state index is 0.0893. The van der Waals surface area contributed by atoms with E-state index in [4.69, 9.17) is 4.74 Å². The van der Waals surface area contributed by atoms with Crippen LogP contribution in [-0.4, -0.2) is 25.7 Å². The fourth-order valence-electron chi connectivity index (χ4n) is 4.11. The fraction of sp³-hybridized carbons (Fsp3) is 0.100. The molecule has 0 aliphatic heterocycles. The van der Waals surface area contributed by atoms with E-state index in [0.29, 0.717) is 28.0 Å². The number of anilines is 1. The number of amides is 1. The molecule has 2 aromatic carbocycles. The molecule has 1 amide bonds. The first-order chi connectivity index (χ1) is 19.1. The van der Waals surface area contributed by atoms with Gasteiger partial charge in [-0.25, -0.2) is 8.78 Å². The predicted molar refractivity (Wildman–Crippen MR) is 148 cm³/mol. The summed E-state index contributed by atoms with van der Waals surface area (Å²) in [5.41, 5.74) is 2.88. The summed E-state index contributed by atoms with van der Waals surface area (Å²) in [4.78, 5) is 34.9. The second-order valence-electron chi connectivity index (χ2n) is 9.15. The van der Waals surface area contributed by atoms with E-state index in [2.05, 4.69) is 27.0 Å². The van der Waals surface area contributed by atoms with Crippen molar-refractivity contribution in [1.82, 2.24) is 19.7 Å². The lowest BCUT2D eigenvalue weighted by molar-refractivity contribution is 0.101. The van der Waals surface area contributed by atoms with Crippen LogP contribution in [0.5, 0.6) is 11.5 Å². The number of aromatic nitrogens is 4. The van der Waals surface area contributed by atoms with Gasteiger partial charge in [0.1, 0.15) is 11.3 Å². The molecule has 0 unspecified atom stereocenters. The summed E-state index contributed by atoms with van der Waals surface area (Å²) in [6.45, 7) is 7.43. The van der Waals surface area contributed by atoms with Crippen LogP contribution in [0, 0.1) is 18.6 Å². The van der Waals surface area contributed by atoms with Gasteiger partial charge in [-0.3, -0.25) is 24.2 Å². The number of pyridine rings is 2. The number of allylic oxidation sites excluding steroid dienone is 1. The zero-order valence-electron chi connectivity index (χ0n) is 21.8. The topological polar surface area (TPSA) is 99.0 Å². The van der Waals surface area contributed by atoms with E-state index in [9.17, 15) is 14.0 Å². The molecular weight excluding hydrogens is 516 g/mol. The third-order valence-electron chi connectivity index (χ3n) is 6.33. The molecule has 0 aliphatic carbocycles. The Balaban J connectivity index is 1.41. The molecule has 0 saturated carbocycles. The van der Waals surface area contributed by atoms with Gasteiger partial charge >= 0.3 is 0 Å². The molecule has 3 aromatic heterocycles. The van der Waals surface area contributed by atoms with Gasteiger partial charge in [0.15, 0.2) is 23.0 Å². The molecule has 0 atom stereocenters. The van der Waals surface area contributed by atoms with E-state index >= 15 is 4.39 Å². The summed E-state index contributed by atoms with van der Waals surface area (Å²) in [5.74, 6) is -1.83. The highest BCUT2D eigenvalue weighted by molar-refractivity contribution is 6.03. The lowest BCUT2D eigenvalue weighted by atomic mass is 10.0. The number of carbonyl (C=O) groups excluding carboxylic acids is 1. The second kappa shape index (κ2) is 10.5. The van der Waals surface area contributed by atoms with Crippen LogP contribution in [0.1, 0.15) is 28.7 Å². The summed E-state index contributed by atoms with van der Waals surface area (Å²) < 4.78 is 35.6. The van der Waals surface area contributed by atoms with Crippen molar-refractivity contribution in [3.8, 4) is 22.6 Å². The number of ether oxygens (including phenoxy) is 1. The Bertz CT molecular complexity index is 1870. The van der Waals surface area contributed by atoms with Crippen LogP contribution >= 0.6 is 0 Å². The summed E-state index contributed by atoms with van der Waals surface area (Å²) in [6, 6.07) is 12.6. The maximum absolute atomic E-state index is 15.0. The number of benzene rings is 2. The smallest absolute Gasteiger partial charge is 0.280 e. The number of nitrogens with zero attached hydrogens (tertiary/aromatic N) is 4. The number of carbonyl (C=O) groups is 1. The van der Waals surface area contributed by atoms with Crippen LogP contribution in [0.15, 0.2) is 78.4 Å². The third kappa shape index (κ3) is 5.06. The van der Waals surface area contributed by atoms with Crippen molar-refractivity contribution in [2.24, 2.45) is 7.05 Å². The molecule has 0 saturated heterocycles. The third-order valence-corrected chi connectivity index (χ3v) is 6.33. The Morgan fingerprint density at radius 3 is 2.48 bits per heavy atom. The van der Waals surface area contributed by atoms with Crippen LogP contribution in [0.2, 0.25) is 0 Å². The molecule has 5 aromatic rings. The SMILES string of the molecule is C=C(C)c1cnc2c(Oc3ccc(NC(=O)c4nn(C)c(C)c(-c5ccc(F)cc5)c4=O)cc3F)ccnc2c1. The standard InChI is InChI=1S/C30H23F2N5O3/c1-16(2)19-13-23-27(34-15-19)25(11-12-33-23)40-24-10-9-21(14-22(24)32)35-30(39)28-29(38)26(17(3)37(4)36-28)18-5-7-20(31)8-6-18/h5-15H,1H2,2-4H3,(H,35,39). The Morgan fingerprint density at radius 1 is 1.02 bits per heavy atom. The molecule has 0 bridgehead atoms. The van der Waals surface area contributed by atoms with Crippen molar-refractivity contribution in [3.63, 3.8) is 0 Å². The van der Waals surface area contributed by atoms with Gasteiger partial charge in [0, 0.05) is 43.0 Å². The van der Waals surface area contributed by atoms with Crippen molar-refractivity contribution < 1.29 is 18.3 Å². The van der Waals surface area contributed by atoms with Gasteiger partial charge in [0.2, 0.25) is 5.43 Å². The lowest BCUT2D eigenvalue weighted by Crippen LogP contribution is -2.28. The summed E-state index contributed by atoms with van der Waals surface area (Å²) in [6.07, 6.45) is 3.17. The Kier molecular flexibility index (Phi) is 6.91. The maximum Gasteiger partial charge on any atom is 0.280 e. The van der Waals surface area contributed by atoms with Crippen molar-refractivity contribution in [1.29, 1.82) is 0 Å². The molecule has 200 valence electrons. The van der Waals surface area contributed by atoms with Gasteiger partial charge in [-0.15, -0.1) is 0 Å². The summed E-state index contributed by atoms with van der Waals surface area (Å²) >= 11 is 0. The normalized spacial score (nSPS) is 10.9. The molecule has 0 spiro atoms. The number of aryl methyl sites for hydroxylation is 1. The molecular formula is C30H23F2N5O3. The average Bonchev–Trinajstić information content (AvgIpc) is 2.93. The highest BCUT2D eigenvalue weighted by Crippen LogP contribution is 2.31. The molecule has 40 heavy (non-hydrogen) atoms. The number of hydrogen-bond donors (Lipinski definition) is 1. The van der Waals surface area contributed by atoms with E-state index < -0.39 is 28.7 Å². The van der Waals surface area contributed by atoms with Gasteiger partial charge in [-0.2, -0.15) is 5.10 Å². The van der Waals surface area contributed by atoms with Gasteiger partial charge in [0.05, 0.1) is 11.1 Å². The van der Waals surface area contributed by atoms with E-state index in [1.54, 1.807) is 26.2 Å². The maximum atomic E-state index is 15.0. The number of nitrogens with one attached hydrogen (secondary N) is 1. The van der Waals surface area contributed by atoms with E-state index in [0.717, 1.165) is 17.2 Å². The lowest BCUT2D eigenvalue weighted by Gasteiger charge is -2.13. The number of rotatable bonds is 6. The fourth-order valence-corrected chi connectivity index (χ4v) is 4.11. The van der Waals surface area contributed by atoms with Gasteiger partial charge in [-0.05, 0) is 60.9 Å².